The first kappa shape index (κ1) is 13.2. The Morgan fingerprint density at radius 1 is 1.31 bits per heavy atom. The van der Waals surface area contributed by atoms with E-state index in [9.17, 15) is 0 Å². The van der Waals surface area contributed by atoms with Crippen LogP contribution >= 0.6 is 0 Å². The number of hydrogen-bond donors (Lipinski definition) is 0. The van der Waals surface area contributed by atoms with Crippen LogP contribution in [0.2, 0.25) is 0 Å². The van der Waals surface area contributed by atoms with Crippen LogP contribution in [0.1, 0.15) is 47.0 Å². The monoisotopic (exact) mass is 220 g/mol. The van der Waals surface area contributed by atoms with Crippen molar-refractivity contribution in [2.75, 3.05) is 0 Å². The maximum absolute atomic E-state index is 5.56. The second-order valence-electron chi connectivity index (χ2n) is 5.19. The third-order valence-electron chi connectivity index (χ3n) is 3.19. The van der Waals surface area contributed by atoms with E-state index >= 15 is 0 Å². The van der Waals surface area contributed by atoms with Crippen LogP contribution in [-0.4, -0.2) is 11.7 Å². The molecule has 1 saturated heterocycles. The summed E-state index contributed by atoms with van der Waals surface area (Å²) in [7, 11) is 0. The summed E-state index contributed by atoms with van der Waals surface area (Å²) in [6, 6.07) is 0. The molecule has 90 valence electrons. The van der Waals surface area contributed by atoms with E-state index < -0.39 is 0 Å². The fraction of sp³-hybridized carbons (Fsp3) is 0.600. The molecule has 1 atom stereocenters. The Bertz CT molecular complexity index is 307. The summed E-state index contributed by atoms with van der Waals surface area (Å²) in [5.74, 6) is 0. The molecule has 0 radical (unpaired) electrons. The van der Waals surface area contributed by atoms with Crippen LogP contribution in [0.4, 0.5) is 0 Å². The molecule has 0 N–H and O–H groups in total. The van der Waals surface area contributed by atoms with Gasteiger partial charge in [-0.3, -0.25) is 0 Å². The van der Waals surface area contributed by atoms with Gasteiger partial charge in [-0.25, -0.2) is 0 Å². The third-order valence-corrected chi connectivity index (χ3v) is 3.19. The highest BCUT2D eigenvalue weighted by Crippen LogP contribution is 2.38. The number of rotatable bonds is 6. The van der Waals surface area contributed by atoms with Gasteiger partial charge < -0.3 is 4.74 Å². The van der Waals surface area contributed by atoms with Gasteiger partial charge in [-0.2, -0.15) is 0 Å². The lowest BCUT2D eigenvalue weighted by Gasteiger charge is -1.99. The SMILES string of the molecule is C=C/C(C)=C/C/C=C(\C)CC[C@@H]1OC1(C)C. The maximum atomic E-state index is 5.56. The summed E-state index contributed by atoms with van der Waals surface area (Å²) >= 11 is 0. The van der Waals surface area contributed by atoms with Crippen LogP contribution in [0.3, 0.4) is 0 Å². The third kappa shape index (κ3) is 4.36. The normalized spacial score (nSPS) is 24.4. The van der Waals surface area contributed by atoms with Crippen molar-refractivity contribution in [2.24, 2.45) is 0 Å². The highest BCUT2D eigenvalue weighted by Gasteiger charge is 2.46. The zero-order valence-electron chi connectivity index (χ0n) is 11.0. The molecule has 0 bridgehead atoms. The molecule has 1 aliphatic rings. The van der Waals surface area contributed by atoms with Gasteiger partial charge in [0.15, 0.2) is 0 Å². The standard InChI is InChI=1S/C15H24O/c1-6-12(2)8-7-9-13(3)10-11-14-15(4,5)16-14/h6,8-9,14H,1,7,10-11H2,2-5H3/b12-8+,13-9+/t14-/m0/s1. The first-order valence-electron chi connectivity index (χ1n) is 6.08. The molecule has 0 aromatic heterocycles. The van der Waals surface area contributed by atoms with E-state index in [2.05, 4.69) is 46.4 Å². The molecule has 1 heterocycles. The smallest absolute Gasteiger partial charge is 0.0892 e. The average Bonchev–Trinajstić information content (AvgIpc) is 2.83. The van der Waals surface area contributed by atoms with Crippen molar-refractivity contribution >= 4 is 0 Å². The quantitative estimate of drug-likeness (QED) is 0.367. The topological polar surface area (TPSA) is 12.5 Å². The van der Waals surface area contributed by atoms with Crippen LogP contribution in [0, 0.1) is 0 Å². The Labute approximate surface area is 99.9 Å². The minimum absolute atomic E-state index is 0.139. The van der Waals surface area contributed by atoms with Crippen LogP contribution in [0.5, 0.6) is 0 Å². The number of epoxide rings is 1. The summed E-state index contributed by atoms with van der Waals surface area (Å²) in [6.07, 6.45) is 10.2. The van der Waals surface area contributed by atoms with Crippen molar-refractivity contribution < 1.29 is 4.74 Å². The fourth-order valence-electron chi connectivity index (χ4n) is 1.73. The minimum atomic E-state index is 0.139. The summed E-state index contributed by atoms with van der Waals surface area (Å²) in [5.41, 5.74) is 2.84. The molecule has 1 fully saturated rings. The molecule has 0 amide bonds. The summed E-state index contributed by atoms with van der Waals surface area (Å²) < 4.78 is 5.56. The molecule has 0 aromatic carbocycles. The van der Waals surface area contributed by atoms with Crippen LogP contribution in [0.15, 0.2) is 36.0 Å². The van der Waals surface area contributed by atoms with Crippen LogP contribution < -0.4 is 0 Å². The van der Waals surface area contributed by atoms with E-state index in [0.717, 1.165) is 19.3 Å². The number of ether oxygens (including phenoxy) is 1. The predicted molar refractivity (Wildman–Crippen MR) is 70.5 cm³/mol. The Hall–Kier alpha value is -0.820. The van der Waals surface area contributed by atoms with E-state index in [1.165, 1.54) is 11.1 Å². The lowest BCUT2D eigenvalue weighted by atomic mass is 10.0. The van der Waals surface area contributed by atoms with Crippen LogP contribution in [0.25, 0.3) is 0 Å². The first-order chi connectivity index (χ1) is 7.45. The van der Waals surface area contributed by atoms with Gasteiger partial charge in [0.25, 0.3) is 0 Å². The summed E-state index contributed by atoms with van der Waals surface area (Å²) in [4.78, 5) is 0. The number of allylic oxidation sites excluding steroid dienone is 5. The largest absolute Gasteiger partial charge is 0.367 e. The van der Waals surface area contributed by atoms with Gasteiger partial charge in [-0.15, -0.1) is 0 Å². The van der Waals surface area contributed by atoms with Gasteiger partial charge in [-0.05, 0) is 47.0 Å². The fourth-order valence-corrected chi connectivity index (χ4v) is 1.73. The minimum Gasteiger partial charge on any atom is -0.367 e. The molecular formula is C15H24O. The van der Waals surface area contributed by atoms with Crippen molar-refractivity contribution in [2.45, 2.75) is 58.7 Å². The Balaban J connectivity index is 2.22. The molecular weight excluding hydrogens is 196 g/mol. The molecule has 1 rings (SSSR count). The first-order valence-corrected chi connectivity index (χ1v) is 6.08. The molecule has 16 heavy (non-hydrogen) atoms. The Morgan fingerprint density at radius 2 is 1.94 bits per heavy atom. The van der Waals surface area contributed by atoms with E-state index in [1.807, 2.05) is 6.08 Å². The van der Waals surface area contributed by atoms with Crippen molar-refractivity contribution in [3.05, 3.63) is 36.0 Å². The van der Waals surface area contributed by atoms with Crippen LogP contribution in [-0.2, 0) is 4.74 Å². The molecule has 0 spiro atoms. The molecule has 0 saturated carbocycles. The predicted octanol–water partition coefficient (Wildman–Crippen LogP) is 4.41. The van der Waals surface area contributed by atoms with Gasteiger partial charge in [0.05, 0.1) is 11.7 Å². The molecule has 1 heteroatoms. The zero-order valence-corrected chi connectivity index (χ0v) is 11.0. The Kier molecular flexibility index (Phi) is 4.55. The zero-order chi connectivity index (χ0) is 12.2. The number of hydrogen-bond acceptors (Lipinski definition) is 1. The average molecular weight is 220 g/mol. The Morgan fingerprint density at radius 3 is 2.44 bits per heavy atom. The highest BCUT2D eigenvalue weighted by molar-refractivity contribution is 5.15. The van der Waals surface area contributed by atoms with Crippen molar-refractivity contribution in [1.29, 1.82) is 0 Å². The molecule has 0 aromatic rings. The van der Waals surface area contributed by atoms with E-state index in [-0.39, 0.29) is 5.60 Å². The van der Waals surface area contributed by atoms with Gasteiger partial charge >= 0.3 is 0 Å². The van der Waals surface area contributed by atoms with Gasteiger partial charge in [0, 0.05) is 0 Å². The van der Waals surface area contributed by atoms with E-state index in [0.29, 0.717) is 6.10 Å². The summed E-state index contributed by atoms with van der Waals surface area (Å²) in [6.45, 7) is 12.3. The second kappa shape index (κ2) is 5.49. The van der Waals surface area contributed by atoms with E-state index in [1.54, 1.807) is 0 Å². The van der Waals surface area contributed by atoms with Crippen molar-refractivity contribution in [3.63, 3.8) is 0 Å². The second-order valence-corrected chi connectivity index (χ2v) is 5.19. The van der Waals surface area contributed by atoms with Crippen molar-refractivity contribution in [3.8, 4) is 0 Å². The summed E-state index contributed by atoms with van der Waals surface area (Å²) in [5, 5.41) is 0. The highest BCUT2D eigenvalue weighted by atomic mass is 16.6. The van der Waals surface area contributed by atoms with Gasteiger partial charge in [-0.1, -0.05) is 36.0 Å². The lowest BCUT2D eigenvalue weighted by Crippen LogP contribution is -2.02. The van der Waals surface area contributed by atoms with Gasteiger partial charge in [0.1, 0.15) is 0 Å². The molecule has 0 aliphatic carbocycles. The van der Waals surface area contributed by atoms with E-state index in [4.69, 9.17) is 4.74 Å². The maximum Gasteiger partial charge on any atom is 0.0892 e. The molecule has 1 aliphatic heterocycles. The van der Waals surface area contributed by atoms with Crippen molar-refractivity contribution in [1.82, 2.24) is 0 Å². The molecule has 0 unspecified atom stereocenters. The lowest BCUT2D eigenvalue weighted by molar-refractivity contribution is 0.320. The van der Waals surface area contributed by atoms with Gasteiger partial charge in [0.2, 0.25) is 0 Å². The molecule has 1 nitrogen and oxygen atoms in total.